The Bertz CT molecular complexity index is 838. The van der Waals surface area contributed by atoms with Crippen LogP contribution in [0.15, 0.2) is 39.8 Å². The Morgan fingerprint density at radius 3 is 2.65 bits per heavy atom. The number of phenolic OH excluding ortho intramolecular Hbond substituents is 1. The van der Waals surface area contributed by atoms with Gasteiger partial charge < -0.3 is 10.2 Å². The summed E-state index contributed by atoms with van der Waals surface area (Å²) in [4.78, 5) is 25.2. The van der Waals surface area contributed by atoms with Crippen LogP contribution in [-0.2, 0) is 0 Å². The molecule has 0 aliphatic heterocycles. The van der Waals surface area contributed by atoms with E-state index in [9.17, 15) is 20.0 Å². The highest BCUT2D eigenvalue weighted by atomic mass is 79.9. The molecule has 0 unspecified atom stereocenters. The van der Waals surface area contributed by atoms with E-state index in [1.165, 1.54) is 24.4 Å². The minimum absolute atomic E-state index is 0.0670. The second-order valence-electron chi connectivity index (χ2n) is 4.35. The first-order chi connectivity index (χ1) is 10.8. The van der Waals surface area contributed by atoms with Crippen LogP contribution in [0, 0.1) is 10.1 Å². The van der Waals surface area contributed by atoms with Crippen molar-refractivity contribution in [2.75, 3.05) is 0 Å². The number of nitro benzene ring substituents is 1. The van der Waals surface area contributed by atoms with Crippen LogP contribution >= 0.6 is 27.5 Å². The molecule has 0 saturated heterocycles. The third-order valence-electron chi connectivity index (χ3n) is 2.82. The molecule has 9 heteroatoms. The van der Waals surface area contributed by atoms with E-state index in [4.69, 9.17) is 16.7 Å². The summed E-state index contributed by atoms with van der Waals surface area (Å²) >= 11 is 8.78. The predicted octanol–water partition coefficient (Wildman–Crippen LogP) is 4.17. The van der Waals surface area contributed by atoms with E-state index in [1.54, 1.807) is 0 Å². The Morgan fingerprint density at radius 1 is 1.35 bits per heavy atom. The van der Waals surface area contributed by atoms with E-state index < -0.39 is 10.9 Å². The number of hydrogen-bond acceptors (Lipinski definition) is 5. The maximum absolute atomic E-state index is 11.0. The smallest absolute Gasteiger partial charge is 0.337 e. The van der Waals surface area contributed by atoms with Crippen molar-refractivity contribution in [1.29, 1.82) is 0 Å². The maximum atomic E-state index is 11.0. The van der Waals surface area contributed by atoms with E-state index in [1.807, 2.05) is 0 Å². The largest absolute Gasteiger partial charge is 0.506 e. The first kappa shape index (κ1) is 16.9. The number of aromatic carboxylic acids is 1. The zero-order chi connectivity index (χ0) is 17.1. The number of non-ortho nitro benzene ring substituents is 1. The summed E-state index contributed by atoms with van der Waals surface area (Å²) in [5, 5.41) is 29.8. The van der Waals surface area contributed by atoms with Crippen molar-refractivity contribution < 1.29 is 19.9 Å². The Hall–Kier alpha value is -2.45. The average molecular weight is 400 g/mol. The van der Waals surface area contributed by atoms with E-state index >= 15 is 0 Å². The summed E-state index contributed by atoms with van der Waals surface area (Å²) in [6, 6.07) is 6.43. The quantitative estimate of drug-likeness (QED) is 0.455. The van der Waals surface area contributed by atoms with Gasteiger partial charge in [-0.1, -0.05) is 11.6 Å². The fraction of sp³-hybridized carbons (Fsp3) is 0. The Morgan fingerprint density at radius 2 is 2.04 bits per heavy atom. The predicted molar refractivity (Wildman–Crippen MR) is 88.1 cm³/mol. The summed E-state index contributed by atoms with van der Waals surface area (Å²) in [7, 11) is 0. The number of nitro groups is 1. The van der Waals surface area contributed by atoms with Crippen molar-refractivity contribution in [2.45, 2.75) is 0 Å². The molecule has 0 saturated carbocycles. The number of rotatable bonds is 4. The summed E-state index contributed by atoms with van der Waals surface area (Å²) in [6.45, 7) is 0. The highest BCUT2D eigenvalue weighted by molar-refractivity contribution is 9.10. The van der Waals surface area contributed by atoms with Gasteiger partial charge in [0.05, 0.1) is 25.7 Å². The molecular formula is C14H8BrClN2O5. The minimum atomic E-state index is -1.20. The van der Waals surface area contributed by atoms with Gasteiger partial charge in [0.2, 0.25) is 0 Å². The number of nitrogens with zero attached hydrogens (tertiary/aromatic N) is 2. The normalized spacial score (nSPS) is 10.9. The number of phenols is 1. The molecule has 0 aromatic heterocycles. The van der Waals surface area contributed by atoms with Gasteiger partial charge in [-0.25, -0.2) is 4.79 Å². The lowest BCUT2D eigenvalue weighted by Crippen LogP contribution is -1.96. The molecule has 2 aromatic carbocycles. The van der Waals surface area contributed by atoms with Crippen molar-refractivity contribution in [1.82, 2.24) is 0 Å². The zero-order valence-electron chi connectivity index (χ0n) is 11.2. The summed E-state index contributed by atoms with van der Waals surface area (Å²) in [5.74, 6) is -1.42. The van der Waals surface area contributed by atoms with Crippen LogP contribution in [0.2, 0.25) is 5.02 Å². The molecule has 0 spiro atoms. The first-order valence-electron chi connectivity index (χ1n) is 6.03. The fourth-order valence-electron chi connectivity index (χ4n) is 1.71. The van der Waals surface area contributed by atoms with Gasteiger partial charge in [0.25, 0.3) is 5.69 Å². The van der Waals surface area contributed by atoms with Gasteiger partial charge in [0.15, 0.2) is 0 Å². The van der Waals surface area contributed by atoms with Gasteiger partial charge in [-0.2, -0.15) is 0 Å². The van der Waals surface area contributed by atoms with E-state index in [0.717, 1.165) is 12.1 Å². The third kappa shape index (κ3) is 3.85. The Labute approximate surface area is 143 Å². The number of hydrogen-bond donors (Lipinski definition) is 2. The van der Waals surface area contributed by atoms with E-state index in [2.05, 4.69) is 20.9 Å². The monoisotopic (exact) mass is 398 g/mol. The Balaban J connectivity index is 2.43. The molecule has 2 aromatic rings. The van der Waals surface area contributed by atoms with Gasteiger partial charge in [-0.05, 0) is 34.1 Å². The molecule has 0 amide bonds. The molecule has 7 nitrogen and oxygen atoms in total. The zero-order valence-corrected chi connectivity index (χ0v) is 13.6. The van der Waals surface area contributed by atoms with Crippen LogP contribution in [0.1, 0.15) is 15.9 Å². The summed E-state index contributed by atoms with van der Waals surface area (Å²) in [5.41, 5.74) is 0.0379. The Kier molecular flexibility index (Phi) is 4.97. The molecule has 0 aliphatic carbocycles. The molecule has 0 bridgehead atoms. The standard InChI is InChI=1S/C14H8BrClN2O5/c15-11-5-9(18(22)23)3-7(13(11)19)6-17-8-1-2-12(16)10(4-8)14(20)21/h1-6,19H,(H,20,21). The number of aromatic hydroxyl groups is 1. The lowest BCUT2D eigenvalue weighted by atomic mass is 10.2. The summed E-state index contributed by atoms with van der Waals surface area (Å²) < 4.78 is 0.149. The fourth-order valence-corrected chi connectivity index (χ4v) is 2.37. The molecule has 2 rings (SSSR count). The number of halogens is 2. The van der Waals surface area contributed by atoms with E-state index in [-0.39, 0.29) is 37.7 Å². The van der Waals surface area contributed by atoms with Gasteiger partial charge in [-0.15, -0.1) is 0 Å². The van der Waals surface area contributed by atoms with Crippen LogP contribution < -0.4 is 0 Å². The second kappa shape index (κ2) is 6.76. The van der Waals surface area contributed by atoms with Crippen molar-refractivity contribution >= 4 is 51.1 Å². The lowest BCUT2D eigenvalue weighted by Gasteiger charge is -2.03. The molecule has 23 heavy (non-hydrogen) atoms. The minimum Gasteiger partial charge on any atom is -0.506 e. The number of carboxylic acids is 1. The van der Waals surface area contributed by atoms with Crippen molar-refractivity contribution in [2.24, 2.45) is 4.99 Å². The van der Waals surface area contributed by atoms with Crippen LogP contribution in [0.5, 0.6) is 5.75 Å². The number of carbonyl (C=O) groups is 1. The molecule has 0 atom stereocenters. The van der Waals surface area contributed by atoms with Crippen molar-refractivity contribution in [3.8, 4) is 5.75 Å². The average Bonchev–Trinajstić information content (AvgIpc) is 2.49. The molecular weight excluding hydrogens is 392 g/mol. The second-order valence-corrected chi connectivity index (χ2v) is 5.61. The summed E-state index contributed by atoms with van der Waals surface area (Å²) in [6.07, 6.45) is 1.20. The molecule has 0 aliphatic rings. The number of aliphatic imine (C=N–C) groups is 1. The maximum Gasteiger partial charge on any atom is 0.337 e. The lowest BCUT2D eigenvalue weighted by molar-refractivity contribution is -0.385. The SMILES string of the molecule is O=C(O)c1cc(N=Cc2cc([N+](=O)[O-])cc(Br)c2O)ccc1Cl. The third-order valence-corrected chi connectivity index (χ3v) is 3.76. The van der Waals surface area contributed by atoms with E-state index in [0.29, 0.717) is 0 Å². The topological polar surface area (TPSA) is 113 Å². The molecule has 0 fully saturated rings. The highest BCUT2D eigenvalue weighted by Gasteiger charge is 2.14. The molecule has 0 radical (unpaired) electrons. The van der Waals surface area contributed by atoms with Crippen LogP contribution in [0.25, 0.3) is 0 Å². The number of benzene rings is 2. The first-order valence-corrected chi connectivity index (χ1v) is 7.20. The van der Waals surface area contributed by atoms with Crippen LogP contribution in [0.4, 0.5) is 11.4 Å². The van der Waals surface area contributed by atoms with Gasteiger partial charge in [-0.3, -0.25) is 15.1 Å². The van der Waals surface area contributed by atoms with Gasteiger partial charge in [0.1, 0.15) is 5.75 Å². The molecule has 2 N–H and O–H groups in total. The van der Waals surface area contributed by atoms with Crippen LogP contribution in [0.3, 0.4) is 0 Å². The van der Waals surface area contributed by atoms with Crippen molar-refractivity contribution in [3.05, 3.63) is 61.1 Å². The van der Waals surface area contributed by atoms with Gasteiger partial charge >= 0.3 is 5.97 Å². The van der Waals surface area contributed by atoms with Crippen LogP contribution in [-0.4, -0.2) is 27.3 Å². The van der Waals surface area contributed by atoms with Crippen molar-refractivity contribution in [3.63, 3.8) is 0 Å². The molecule has 0 heterocycles. The highest BCUT2D eigenvalue weighted by Crippen LogP contribution is 2.32. The van der Waals surface area contributed by atoms with Gasteiger partial charge in [0, 0.05) is 23.9 Å². The molecule has 118 valence electrons. The number of carboxylic acid groups (broad SMARTS) is 1.